The van der Waals surface area contributed by atoms with E-state index in [1.165, 1.54) is 17.4 Å². The van der Waals surface area contributed by atoms with Crippen molar-refractivity contribution >= 4 is 70.1 Å². The third-order valence-electron chi connectivity index (χ3n) is 15.1. The van der Waals surface area contributed by atoms with Crippen LogP contribution in [0.2, 0.25) is 0 Å². The van der Waals surface area contributed by atoms with Crippen LogP contribution in [0.5, 0.6) is 0 Å². The number of guanidine groups is 2. The van der Waals surface area contributed by atoms with Gasteiger partial charge in [-0.3, -0.25) is 43.5 Å². The standard InChI is InChI=1S/C57H83N17O9/c1-33(2)47(73-50(77)42(21-12-24-65-57(61)62)68-48(75)39(58)28-36-30-66-40-19-10-9-18-38(36)40)54(81)74-25-13-22-46(74)53(80)71-43(26-34-14-5-3-6-15-34)51(78)70-44(29-37-31-63-32-67-37)52(79)69-41(20-11-23-64-56(59)60)49(76)72-45(55(82)83)27-35-16-7-4-8-17-35/h4,7-10,16-19,30-34,39,41-47,66H,3,5-6,11-15,20-29,58H2,1-2H3,(H,63,67)(H,68,75)(H,69,79)(H,70,78)(H,71,80)(H,72,76)(H,73,77)(H,82,83)(H4,59,60,64)(H4,61,62,65)/t39-,41-,42-,43-,44-,45+,46-,47-/m0/s1. The fourth-order valence-electron chi connectivity index (χ4n) is 10.7. The molecule has 0 radical (unpaired) electrons. The number of aromatic amines is 2. The Kier molecular flexibility index (Phi) is 24.2. The van der Waals surface area contributed by atoms with E-state index in [1.807, 2.05) is 24.3 Å². The minimum atomic E-state index is -1.36. The summed E-state index contributed by atoms with van der Waals surface area (Å²) < 4.78 is 0. The summed E-state index contributed by atoms with van der Waals surface area (Å²) >= 11 is 0. The number of rotatable bonds is 31. The largest absolute Gasteiger partial charge is 0.480 e. The molecule has 2 fully saturated rings. The van der Waals surface area contributed by atoms with Gasteiger partial charge in [-0.1, -0.05) is 94.5 Å². The van der Waals surface area contributed by atoms with Crippen molar-refractivity contribution in [3.8, 4) is 0 Å². The molecule has 83 heavy (non-hydrogen) atoms. The molecule has 2 aromatic carbocycles. The molecule has 2 aromatic heterocycles. The first-order valence-corrected chi connectivity index (χ1v) is 28.6. The number of para-hydroxylation sites is 1. The second kappa shape index (κ2) is 31.6. The van der Waals surface area contributed by atoms with Crippen LogP contribution in [0.1, 0.15) is 108 Å². The van der Waals surface area contributed by atoms with Gasteiger partial charge in [0.25, 0.3) is 0 Å². The molecule has 26 heteroatoms. The Morgan fingerprint density at radius 2 is 1.25 bits per heavy atom. The topological polar surface area (TPSA) is 431 Å². The van der Waals surface area contributed by atoms with Gasteiger partial charge in [0.2, 0.25) is 41.4 Å². The van der Waals surface area contributed by atoms with Crippen LogP contribution >= 0.6 is 0 Å². The normalized spacial score (nSPS) is 16.9. The number of likely N-dealkylation sites (tertiary alicyclic amines) is 1. The van der Waals surface area contributed by atoms with Gasteiger partial charge in [0.15, 0.2) is 11.9 Å². The lowest BCUT2D eigenvalue weighted by molar-refractivity contribution is -0.143. The Morgan fingerprint density at radius 1 is 0.663 bits per heavy atom. The van der Waals surface area contributed by atoms with Crippen molar-refractivity contribution < 1.29 is 43.5 Å². The number of benzene rings is 2. The SMILES string of the molecule is CC(C)[C@H](NC(=O)[C@H](CCCN=C(N)N)NC(=O)[C@@H](N)Cc1c[nH]c2ccccc12)C(=O)N1CCC[C@H]1C(=O)N[C@@H](CC1CCCCC1)C(=O)N[C@@H](Cc1cnc[nH]1)C(=O)N[C@@H](CCCN=C(N)N)C(=O)N[C@H](Cc1ccccc1)C(=O)O. The average Bonchev–Trinajstić information content (AvgIpc) is 4.33. The van der Waals surface area contributed by atoms with Gasteiger partial charge in [0.1, 0.15) is 42.3 Å². The number of aliphatic imine (C=N–C) groups is 2. The number of nitrogens with two attached hydrogens (primary N) is 5. The van der Waals surface area contributed by atoms with Crippen LogP contribution in [-0.4, -0.2) is 152 Å². The lowest BCUT2D eigenvalue weighted by atomic mass is 9.84. The van der Waals surface area contributed by atoms with Crippen molar-refractivity contribution in [3.63, 3.8) is 0 Å². The lowest BCUT2D eigenvalue weighted by Gasteiger charge is -2.33. The predicted molar refractivity (Wildman–Crippen MR) is 312 cm³/mol. The highest BCUT2D eigenvalue weighted by Gasteiger charge is 2.41. The molecule has 1 saturated carbocycles. The zero-order chi connectivity index (χ0) is 60.0. The molecule has 19 N–H and O–H groups in total. The van der Waals surface area contributed by atoms with E-state index in [2.05, 4.69) is 56.8 Å². The summed E-state index contributed by atoms with van der Waals surface area (Å²) in [4.78, 5) is 133. The monoisotopic (exact) mass is 1150 g/mol. The van der Waals surface area contributed by atoms with Crippen molar-refractivity contribution in [1.29, 1.82) is 0 Å². The van der Waals surface area contributed by atoms with Crippen molar-refractivity contribution in [2.45, 2.75) is 158 Å². The average molecular weight is 1150 g/mol. The first kappa shape index (κ1) is 63.6. The molecule has 0 bridgehead atoms. The highest BCUT2D eigenvalue weighted by molar-refractivity contribution is 5.98. The lowest BCUT2D eigenvalue weighted by Crippen LogP contribution is -2.61. The van der Waals surface area contributed by atoms with Crippen molar-refractivity contribution in [2.24, 2.45) is 50.5 Å². The maximum Gasteiger partial charge on any atom is 0.326 e. The number of fused-ring (bicyclic) bond motifs is 1. The maximum absolute atomic E-state index is 14.8. The summed E-state index contributed by atoms with van der Waals surface area (Å²) in [5, 5.41) is 27.8. The number of aliphatic carboxylic acids is 1. The number of aromatic nitrogens is 3. The van der Waals surface area contributed by atoms with E-state index >= 15 is 0 Å². The molecule has 1 aliphatic carbocycles. The van der Waals surface area contributed by atoms with E-state index < -0.39 is 102 Å². The van der Waals surface area contributed by atoms with Gasteiger partial charge in [0, 0.05) is 61.5 Å². The second-order valence-corrected chi connectivity index (χ2v) is 21.8. The van der Waals surface area contributed by atoms with Crippen LogP contribution in [0.15, 0.2) is 83.3 Å². The molecule has 1 saturated heterocycles. The first-order valence-electron chi connectivity index (χ1n) is 28.6. The Labute approximate surface area is 482 Å². The molecule has 0 unspecified atom stereocenters. The Balaban J connectivity index is 1.18. The van der Waals surface area contributed by atoms with Crippen molar-refractivity contribution in [3.05, 3.63) is 90.1 Å². The third kappa shape index (κ3) is 19.6. The van der Waals surface area contributed by atoms with E-state index in [9.17, 15) is 43.5 Å². The summed E-state index contributed by atoms with van der Waals surface area (Å²) in [6, 6.07) is 6.75. The zero-order valence-electron chi connectivity index (χ0n) is 47.3. The van der Waals surface area contributed by atoms with Gasteiger partial charge < -0.3 is 80.5 Å². The second-order valence-electron chi connectivity index (χ2n) is 21.8. The molecule has 0 spiro atoms. The molecule has 6 rings (SSSR count). The number of amides is 7. The minimum absolute atomic E-state index is 0.0191. The highest BCUT2D eigenvalue weighted by atomic mass is 16.4. The molecule has 3 heterocycles. The Morgan fingerprint density at radius 3 is 1.88 bits per heavy atom. The number of hydrogen-bond donors (Lipinski definition) is 14. The van der Waals surface area contributed by atoms with Gasteiger partial charge in [-0.2, -0.15) is 0 Å². The number of carbonyl (C=O) groups is 8. The van der Waals surface area contributed by atoms with Crippen LogP contribution in [0.3, 0.4) is 0 Å². The summed E-state index contributed by atoms with van der Waals surface area (Å²) in [5.41, 5.74) is 31.4. The third-order valence-corrected chi connectivity index (χ3v) is 15.1. The highest BCUT2D eigenvalue weighted by Crippen LogP contribution is 2.28. The molecule has 7 amide bonds. The predicted octanol–water partition coefficient (Wildman–Crippen LogP) is -0.0358. The van der Waals surface area contributed by atoms with Crippen molar-refractivity contribution in [1.82, 2.24) is 51.8 Å². The fourth-order valence-corrected chi connectivity index (χ4v) is 10.7. The molecule has 1 aliphatic heterocycles. The van der Waals surface area contributed by atoms with Crippen LogP contribution in [0.4, 0.5) is 0 Å². The minimum Gasteiger partial charge on any atom is -0.480 e. The smallest absolute Gasteiger partial charge is 0.326 e. The summed E-state index contributed by atoms with van der Waals surface area (Å²) in [7, 11) is 0. The van der Waals surface area contributed by atoms with Crippen molar-refractivity contribution in [2.75, 3.05) is 19.6 Å². The Bertz CT molecular complexity index is 2860. The number of nitrogens with zero attached hydrogens (tertiary/aromatic N) is 4. The van der Waals surface area contributed by atoms with Crippen LogP contribution < -0.4 is 60.6 Å². The molecular weight excluding hydrogens is 1070 g/mol. The van der Waals surface area contributed by atoms with E-state index in [-0.39, 0.29) is 95.3 Å². The van der Waals surface area contributed by atoms with Gasteiger partial charge in [-0.05, 0) is 80.4 Å². The number of carboxylic acids is 1. The molecule has 2 aliphatic rings. The van der Waals surface area contributed by atoms with Crippen LogP contribution in [-0.2, 0) is 57.6 Å². The molecular formula is C57H83N17O9. The van der Waals surface area contributed by atoms with Crippen LogP contribution in [0, 0.1) is 11.8 Å². The number of H-pyrrole nitrogens is 2. The van der Waals surface area contributed by atoms with E-state index in [1.54, 1.807) is 50.4 Å². The molecule has 8 atom stereocenters. The van der Waals surface area contributed by atoms with E-state index in [4.69, 9.17) is 28.7 Å². The quantitative estimate of drug-likeness (QED) is 0.0179. The molecule has 450 valence electrons. The number of imidazole rings is 1. The zero-order valence-corrected chi connectivity index (χ0v) is 47.3. The van der Waals surface area contributed by atoms with E-state index in [0.29, 0.717) is 17.7 Å². The van der Waals surface area contributed by atoms with Gasteiger partial charge in [-0.15, -0.1) is 0 Å². The summed E-state index contributed by atoms with van der Waals surface area (Å²) in [6.07, 6.45) is 10.6. The van der Waals surface area contributed by atoms with Gasteiger partial charge >= 0.3 is 5.97 Å². The molecule has 26 nitrogen and oxygen atoms in total. The summed E-state index contributed by atoms with van der Waals surface area (Å²) in [5.74, 6) is -6.72. The maximum atomic E-state index is 14.8. The fraction of sp³-hybridized carbons (Fsp3) is 0.526. The first-order chi connectivity index (χ1) is 39.8. The number of hydrogen-bond acceptors (Lipinski definition) is 12. The van der Waals surface area contributed by atoms with Gasteiger partial charge in [0.05, 0.1) is 12.4 Å². The number of nitrogens with one attached hydrogen (secondary N) is 8. The van der Waals surface area contributed by atoms with Crippen LogP contribution in [0.25, 0.3) is 10.9 Å². The number of carbonyl (C=O) groups excluding carboxylic acids is 7. The van der Waals surface area contributed by atoms with Gasteiger partial charge in [-0.25, -0.2) is 9.78 Å². The molecule has 4 aromatic rings. The Hall–Kier alpha value is -8.55. The summed E-state index contributed by atoms with van der Waals surface area (Å²) in [6.45, 7) is 3.92. The number of carboxylic acid groups (broad SMARTS) is 1. The van der Waals surface area contributed by atoms with E-state index in [0.717, 1.165) is 48.6 Å².